The van der Waals surface area contributed by atoms with E-state index >= 15 is 0 Å². The van der Waals surface area contributed by atoms with E-state index < -0.39 is 0 Å². The summed E-state index contributed by atoms with van der Waals surface area (Å²) in [4.78, 5) is 16.6. The standard InChI is InChI=1S/C29H28N2O3S/c1-33-25-5-3-7-28(17-25)35-19-20-8-10-22(11-9-20)29(32)31-23-12-13-24(31)16-27(15-23)34-26-6-2-4-21(14-26)18-30/h2-11,14,17,23-24,27H,12-13,15-16,19H2,1H3. The smallest absolute Gasteiger partial charge is 0.254 e. The molecule has 2 saturated heterocycles. The van der Waals surface area contributed by atoms with Crippen molar-refractivity contribution in [3.05, 3.63) is 89.5 Å². The van der Waals surface area contributed by atoms with E-state index in [4.69, 9.17) is 14.7 Å². The molecule has 2 fully saturated rings. The first kappa shape index (κ1) is 23.3. The maximum absolute atomic E-state index is 13.4. The van der Waals surface area contributed by atoms with Crippen molar-refractivity contribution in [2.45, 2.75) is 54.5 Å². The third-order valence-corrected chi connectivity index (χ3v) is 7.90. The van der Waals surface area contributed by atoms with Crippen LogP contribution in [0.2, 0.25) is 0 Å². The van der Waals surface area contributed by atoms with Crippen LogP contribution in [0.1, 0.15) is 47.2 Å². The van der Waals surface area contributed by atoms with E-state index in [0.29, 0.717) is 5.56 Å². The second-order valence-electron chi connectivity index (χ2n) is 9.11. The molecule has 6 heteroatoms. The van der Waals surface area contributed by atoms with Crippen LogP contribution in [0.3, 0.4) is 0 Å². The van der Waals surface area contributed by atoms with Gasteiger partial charge >= 0.3 is 0 Å². The monoisotopic (exact) mass is 484 g/mol. The molecular formula is C29H28N2O3S. The maximum atomic E-state index is 13.4. The number of carbonyl (C=O) groups excluding carboxylic acids is 1. The van der Waals surface area contributed by atoms with Crippen LogP contribution in [0, 0.1) is 11.3 Å². The zero-order chi connectivity index (χ0) is 24.2. The summed E-state index contributed by atoms with van der Waals surface area (Å²) in [6.45, 7) is 0. The summed E-state index contributed by atoms with van der Waals surface area (Å²) in [5, 5.41) is 9.13. The topological polar surface area (TPSA) is 62.6 Å². The molecule has 5 nitrogen and oxygen atoms in total. The minimum atomic E-state index is 0.0708. The van der Waals surface area contributed by atoms with Crippen molar-refractivity contribution in [2.75, 3.05) is 7.11 Å². The van der Waals surface area contributed by atoms with E-state index in [9.17, 15) is 4.79 Å². The molecule has 0 N–H and O–H groups in total. The van der Waals surface area contributed by atoms with E-state index in [-0.39, 0.29) is 24.1 Å². The summed E-state index contributed by atoms with van der Waals surface area (Å²) in [5.74, 6) is 2.54. The maximum Gasteiger partial charge on any atom is 0.254 e. The van der Waals surface area contributed by atoms with Gasteiger partial charge in [-0.25, -0.2) is 0 Å². The molecule has 0 spiro atoms. The molecule has 2 heterocycles. The summed E-state index contributed by atoms with van der Waals surface area (Å²) in [6.07, 6.45) is 3.76. The number of fused-ring (bicyclic) bond motifs is 2. The van der Waals surface area contributed by atoms with Gasteiger partial charge in [0.15, 0.2) is 0 Å². The van der Waals surface area contributed by atoms with Gasteiger partial charge in [-0.15, -0.1) is 11.8 Å². The van der Waals surface area contributed by atoms with Crippen LogP contribution >= 0.6 is 11.8 Å². The highest BCUT2D eigenvalue weighted by Crippen LogP contribution is 2.38. The Morgan fingerprint density at radius 3 is 2.43 bits per heavy atom. The van der Waals surface area contributed by atoms with Crippen molar-refractivity contribution in [3.63, 3.8) is 0 Å². The van der Waals surface area contributed by atoms with Gasteiger partial charge in [-0.2, -0.15) is 5.26 Å². The fraction of sp³-hybridized carbons (Fsp3) is 0.310. The Labute approximate surface area is 210 Å². The Morgan fingerprint density at radius 1 is 1.00 bits per heavy atom. The summed E-state index contributed by atoms with van der Waals surface area (Å²) in [5.41, 5.74) is 2.53. The molecule has 3 aromatic carbocycles. The van der Waals surface area contributed by atoms with Gasteiger partial charge in [-0.1, -0.05) is 24.3 Å². The Balaban J connectivity index is 1.19. The summed E-state index contributed by atoms with van der Waals surface area (Å²) in [6, 6.07) is 25.9. The van der Waals surface area contributed by atoms with E-state index in [0.717, 1.165) is 53.4 Å². The molecule has 3 aromatic rings. The lowest BCUT2D eigenvalue weighted by atomic mass is 9.98. The van der Waals surface area contributed by atoms with Crippen molar-refractivity contribution < 1.29 is 14.3 Å². The Hall–Kier alpha value is -3.43. The lowest BCUT2D eigenvalue weighted by Gasteiger charge is -2.39. The zero-order valence-corrected chi connectivity index (χ0v) is 20.5. The van der Waals surface area contributed by atoms with Crippen LogP contribution in [0.5, 0.6) is 11.5 Å². The predicted molar refractivity (Wildman–Crippen MR) is 137 cm³/mol. The molecule has 0 aliphatic carbocycles. The first-order chi connectivity index (χ1) is 17.1. The van der Waals surface area contributed by atoms with Gasteiger partial charge < -0.3 is 14.4 Å². The number of amides is 1. The highest BCUT2D eigenvalue weighted by molar-refractivity contribution is 7.98. The number of ether oxygens (including phenoxy) is 2. The Bertz CT molecular complexity index is 1220. The molecule has 2 aliphatic heterocycles. The van der Waals surface area contributed by atoms with E-state index in [1.165, 1.54) is 5.56 Å². The number of thioether (sulfide) groups is 1. The van der Waals surface area contributed by atoms with Crippen molar-refractivity contribution in [3.8, 4) is 17.6 Å². The number of methoxy groups -OCH3 is 1. The lowest BCUT2D eigenvalue weighted by Crippen LogP contribution is -2.49. The van der Waals surface area contributed by atoms with Crippen molar-refractivity contribution >= 4 is 17.7 Å². The molecule has 0 saturated carbocycles. The molecule has 2 unspecified atom stereocenters. The molecule has 1 amide bonds. The average molecular weight is 485 g/mol. The Kier molecular flexibility index (Phi) is 6.96. The van der Waals surface area contributed by atoms with Gasteiger partial charge in [-0.3, -0.25) is 4.79 Å². The number of piperidine rings is 1. The van der Waals surface area contributed by atoms with Gasteiger partial charge in [0, 0.05) is 41.1 Å². The first-order valence-electron chi connectivity index (χ1n) is 12.0. The fourth-order valence-corrected chi connectivity index (χ4v) is 6.04. The van der Waals surface area contributed by atoms with E-state index in [2.05, 4.69) is 29.2 Å². The van der Waals surface area contributed by atoms with Crippen LogP contribution in [0.25, 0.3) is 0 Å². The molecule has 0 radical (unpaired) electrons. The SMILES string of the molecule is COc1cccc(SCc2ccc(C(=O)N3C4CCC3CC(Oc3cccc(C#N)c3)C4)cc2)c1. The lowest BCUT2D eigenvalue weighted by molar-refractivity contribution is 0.0359. The molecule has 35 heavy (non-hydrogen) atoms. The van der Waals surface area contributed by atoms with Gasteiger partial charge in [-0.05, 0) is 66.9 Å². The van der Waals surface area contributed by atoms with Crippen LogP contribution in [0.4, 0.5) is 0 Å². The molecule has 2 bridgehead atoms. The number of hydrogen-bond donors (Lipinski definition) is 0. The normalized spacial score (nSPS) is 20.8. The predicted octanol–water partition coefficient (Wildman–Crippen LogP) is 6.07. The summed E-state index contributed by atoms with van der Waals surface area (Å²) >= 11 is 1.75. The summed E-state index contributed by atoms with van der Waals surface area (Å²) in [7, 11) is 1.68. The largest absolute Gasteiger partial charge is 0.497 e. The van der Waals surface area contributed by atoms with Crippen molar-refractivity contribution in [2.24, 2.45) is 0 Å². The minimum Gasteiger partial charge on any atom is -0.497 e. The fourth-order valence-electron chi connectivity index (χ4n) is 5.14. The van der Waals surface area contributed by atoms with E-state index in [1.807, 2.05) is 42.5 Å². The molecule has 0 aromatic heterocycles. The van der Waals surface area contributed by atoms with Crippen LogP contribution in [-0.4, -0.2) is 36.1 Å². The quantitative estimate of drug-likeness (QED) is 0.381. The zero-order valence-electron chi connectivity index (χ0n) is 19.7. The van der Waals surface area contributed by atoms with Crippen molar-refractivity contribution in [1.82, 2.24) is 4.90 Å². The molecule has 178 valence electrons. The van der Waals surface area contributed by atoms with Gasteiger partial charge in [0.1, 0.15) is 17.6 Å². The number of benzene rings is 3. The van der Waals surface area contributed by atoms with Crippen molar-refractivity contribution in [1.29, 1.82) is 5.26 Å². The molecule has 5 rings (SSSR count). The Morgan fingerprint density at radius 2 is 1.71 bits per heavy atom. The highest BCUT2D eigenvalue weighted by Gasteiger charge is 2.44. The second-order valence-corrected chi connectivity index (χ2v) is 10.2. The third kappa shape index (κ3) is 5.31. The minimum absolute atomic E-state index is 0.0708. The second kappa shape index (κ2) is 10.5. The molecular weight excluding hydrogens is 456 g/mol. The molecule has 2 atom stereocenters. The van der Waals surface area contributed by atoms with Crippen LogP contribution in [-0.2, 0) is 5.75 Å². The first-order valence-corrected chi connectivity index (χ1v) is 13.0. The van der Waals surface area contributed by atoms with E-state index in [1.54, 1.807) is 31.0 Å². The third-order valence-electron chi connectivity index (χ3n) is 6.84. The molecule has 2 aliphatic rings. The average Bonchev–Trinajstić information content (AvgIpc) is 3.17. The van der Waals surface area contributed by atoms with Gasteiger partial charge in [0.2, 0.25) is 0 Å². The van der Waals surface area contributed by atoms with Gasteiger partial charge in [0.05, 0.1) is 18.7 Å². The highest BCUT2D eigenvalue weighted by atomic mass is 32.2. The number of nitriles is 1. The number of rotatable bonds is 7. The van der Waals surface area contributed by atoms with Crippen LogP contribution in [0.15, 0.2) is 77.7 Å². The number of carbonyl (C=O) groups is 1. The number of nitrogens with zero attached hydrogens (tertiary/aromatic N) is 2. The van der Waals surface area contributed by atoms with Gasteiger partial charge in [0.25, 0.3) is 5.91 Å². The number of hydrogen-bond acceptors (Lipinski definition) is 5. The van der Waals surface area contributed by atoms with Crippen LogP contribution < -0.4 is 9.47 Å². The summed E-state index contributed by atoms with van der Waals surface area (Å²) < 4.78 is 11.5.